The van der Waals surface area contributed by atoms with Crippen molar-refractivity contribution >= 4 is 0 Å². The largest absolute Gasteiger partial charge is 0.360 e. The lowest BCUT2D eigenvalue weighted by Gasteiger charge is -2.12. The fourth-order valence-electron chi connectivity index (χ4n) is 2.39. The zero-order valence-corrected chi connectivity index (χ0v) is 7.24. The Morgan fingerprint density at radius 2 is 1.27 bits per heavy atom. The SMILES string of the molecule is CC1=C(C)C2(CC2)OC12CC2. The van der Waals surface area contributed by atoms with Crippen LogP contribution in [-0.4, -0.2) is 11.2 Å². The first-order valence-corrected chi connectivity index (χ1v) is 4.57. The van der Waals surface area contributed by atoms with Crippen molar-refractivity contribution in [2.45, 2.75) is 50.7 Å². The molecule has 1 heteroatoms. The standard InChI is InChI=1S/C10H14O/c1-7-8(2)10(5-6-10)11-9(7)3-4-9/h3-6H2,1-2H3. The van der Waals surface area contributed by atoms with Gasteiger partial charge in [0.2, 0.25) is 0 Å². The molecule has 0 aromatic heterocycles. The fraction of sp³-hybridized carbons (Fsp3) is 0.800. The van der Waals surface area contributed by atoms with Crippen molar-refractivity contribution in [1.82, 2.24) is 0 Å². The molecule has 0 aromatic carbocycles. The van der Waals surface area contributed by atoms with E-state index in [0.29, 0.717) is 0 Å². The van der Waals surface area contributed by atoms with Gasteiger partial charge in [0.1, 0.15) is 0 Å². The van der Waals surface area contributed by atoms with Gasteiger partial charge in [0.05, 0.1) is 11.2 Å². The van der Waals surface area contributed by atoms with Gasteiger partial charge < -0.3 is 4.74 Å². The molecule has 2 spiro atoms. The van der Waals surface area contributed by atoms with Gasteiger partial charge in [-0.25, -0.2) is 0 Å². The fourth-order valence-corrected chi connectivity index (χ4v) is 2.39. The van der Waals surface area contributed by atoms with Gasteiger partial charge in [-0.05, 0) is 50.7 Å². The molecule has 0 atom stereocenters. The molecule has 0 amide bonds. The minimum absolute atomic E-state index is 0.251. The van der Waals surface area contributed by atoms with Crippen LogP contribution in [0.25, 0.3) is 0 Å². The second-order valence-electron chi connectivity index (χ2n) is 4.34. The third kappa shape index (κ3) is 0.572. The second kappa shape index (κ2) is 1.42. The van der Waals surface area contributed by atoms with Crippen LogP contribution in [-0.2, 0) is 4.74 Å². The Morgan fingerprint density at radius 1 is 0.909 bits per heavy atom. The van der Waals surface area contributed by atoms with Crippen molar-refractivity contribution < 1.29 is 4.74 Å². The van der Waals surface area contributed by atoms with Gasteiger partial charge in [-0.1, -0.05) is 0 Å². The van der Waals surface area contributed by atoms with Gasteiger partial charge in [-0.2, -0.15) is 0 Å². The molecule has 2 saturated carbocycles. The van der Waals surface area contributed by atoms with E-state index in [2.05, 4.69) is 13.8 Å². The Labute approximate surface area is 67.4 Å². The van der Waals surface area contributed by atoms with E-state index < -0.39 is 0 Å². The molecule has 0 aromatic rings. The first-order valence-electron chi connectivity index (χ1n) is 4.57. The van der Waals surface area contributed by atoms with Crippen molar-refractivity contribution in [3.05, 3.63) is 11.1 Å². The zero-order chi connectivity index (χ0) is 7.69. The van der Waals surface area contributed by atoms with Gasteiger partial charge in [0.25, 0.3) is 0 Å². The first kappa shape index (κ1) is 6.24. The monoisotopic (exact) mass is 150 g/mol. The normalized spacial score (nSPS) is 35.5. The summed E-state index contributed by atoms with van der Waals surface area (Å²) in [4.78, 5) is 0. The average molecular weight is 150 g/mol. The topological polar surface area (TPSA) is 9.23 Å². The highest BCUT2D eigenvalue weighted by molar-refractivity contribution is 5.42. The van der Waals surface area contributed by atoms with Crippen molar-refractivity contribution in [3.8, 4) is 0 Å². The molecule has 0 bridgehead atoms. The van der Waals surface area contributed by atoms with E-state index >= 15 is 0 Å². The highest BCUT2D eigenvalue weighted by Crippen LogP contribution is 2.63. The van der Waals surface area contributed by atoms with Crippen LogP contribution in [0.3, 0.4) is 0 Å². The predicted octanol–water partition coefficient (Wildman–Crippen LogP) is 2.42. The molecule has 3 aliphatic rings. The molecule has 0 unspecified atom stereocenters. The van der Waals surface area contributed by atoms with E-state index in [-0.39, 0.29) is 11.2 Å². The molecule has 60 valence electrons. The van der Waals surface area contributed by atoms with Gasteiger partial charge in [-0.3, -0.25) is 0 Å². The summed E-state index contributed by atoms with van der Waals surface area (Å²) in [6.07, 6.45) is 5.10. The van der Waals surface area contributed by atoms with E-state index in [1.807, 2.05) is 0 Å². The van der Waals surface area contributed by atoms with Gasteiger partial charge in [0.15, 0.2) is 0 Å². The second-order valence-corrected chi connectivity index (χ2v) is 4.34. The van der Waals surface area contributed by atoms with Crippen LogP contribution in [0.4, 0.5) is 0 Å². The highest BCUT2D eigenvalue weighted by atomic mass is 16.5. The smallest absolute Gasteiger partial charge is 0.0906 e. The molecule has 1 nitrogen and oxygen atoms in total. The molecule has 1 aliphatic heterocycles. The Hall–Kier alpha value is -0.300. The van der Waals surface area contributed by atoms with E-state index in [0.717, 1.165) is 0 Å². The maximum absolute atomic E-state index is 6.11. The van der Waals surface area contributed by atoms with E-state index in [1.165, 1.54) is 25.7 Å². The maximum atomic E-state index is 6.11. The van der Waals surface area contributed by atoms with Crippen molar-refractivity contribution in [1.29, 1.82) is 0 Å². The summed E-state index contributed by atoms with van der Waals surface area (Å²) in [5.41, 5.74) is 3.60. The molecular formula is C10H14O. The summed E-state index contributed by atoms with van der Waals surface area (Å²) in [5, 5.41) is 0. The molecule has 0 saturated heterocycles. The van der Waals surface area contributed by atoms with E-state index in [9.17, 15) is 0 Å². The third-order valence-corrected chi connectivity index (χ3v) is 3.73. The van der Waals surface area contributed by atoms with Gasteiger partial charge >= 0.3 is 0 Å². The van der Waals surface area contributed by atoms with Crippen LogP contribution < -0.4 is 0 Å². The van der Waals surface area contributed by atoms with Crippen LogP contribution in [0.2, 0.25) is 0 Å². The Kier molecular flexibility index (Phi) is 0.809. The molecule has 1 heterocycles. The summed E-state index contributed by atoms with van der Waals surface area (Å²) < 4.78 is 6.11. The van der Waals surface area contributed by atoms with E-state index in [4.69, 9.17) is 4.74 Å². The van der Waals surface area contributed by atoms with Crippen LogP contribution in [0.15, 0.2) is 11.1 Å². The number of hydrogen-bond donors (Lipinski definition) is 0. The summed E-state index contributed by atoms with van der Waals surface area (Å²) in [6.45, 7) is 4.52. The van der Waals surface area contributed by atoms with Crippen LogP contribution in [0, 0.1) is 0 Å². The highest BCUT2D eigenvalue weighted by Gasteiger charge is 2.63. The molecule has 0 radical (unpaired) electrons. The minimum atomic E-state index is 0.251. The van der Waals surface area contributed by atoms with E-state index in [1.54, 1.807) is 11.1 Å². The quantitative estimate of drug-likeness (QED) is 0.482. The number of ether oxygens (including phenoxy) is 1. The number of hydrogen-bond acceptors (Lipinski definition) is 1. The van der Waals surface area contributed by atoms with Gasteiger partial charge in [0, 0.05) is 0 Å². The molecule has 11 heavy (non-hydrogen) atoms. The summed E-state index contributed by atoms with van der Waals surface area (Å²) in [5.74, 6) is 0. The summed E-state index contributed by atoms with van der Waals surface area (Å²) >= 11 is 0. The molecule has 3 rings (SSSR count). The summed E-state index contributed by atoms with van der Waals surface area (Å²) in [6, 6.07) is 0. The molecule has 2 fully saturated rings. The van der Waals surface area contributed by atoms with Crippen LogP contribution in [0.5, 0.6) is 0 Å². The zero-order valence-electron chi connectivity index (χ0n) is 7.24. The molecule has 2 aliphatic carbocycles. The van der Waals surface area contributed by atoms with Gasteiger partial charge in [-0.15, -0.1) is 0 Å². The Balaban J connectivity index is 2.08. The summed E-state index contributed by atoms with van der Waals surface area (Å²) in [7, 11) is 0. The van der Waals surface area contributed by atoms with Crippen molar-refractivity contribution in [2.75, 3.05) is 0 Å². The average Bonchev–Trinajstić information content (AvgIpc) is 2.84. The molecular weight excluding hydrogens is 136 g/mol. The lowest BCUT2D eigenvalue weighted by Crippen LogP contribution is -2.16. The minimum Gasteiger partial charge on any atom is -0.360 e. The molecule has 0 N–H and O–H groups in total. The van der Waals surface area contributed by atoms with Crippen molar-refractivity contribution in [3.63, 3.8) is 0 Å². The van der Waals surface area contributed by atoms with Crippen LogP contribution in [0.1, 0.15) is 39.5 Å². The maximum Gasteiger partial charge on any atom is 0.0906 e. The third-order valence-electron chi connectivity index (χ3n) is 3.73. The van der Waals surface area contributed by atoms with Crippen LogP contribution >= 0.6 is 0 Å². The first-order chi connectivity index (χ1) is 5.19. The lowest BCUT2D eigenvalue weighted by atomic mass is 10.0. The number of rotatable bonds is 0. The Morgan fingerprint density at radius 3 is 1.45 bits per heavy atom. The van der Waals surface area contributed by atoms with Crippen molar-refractivity contribution in [2.24, 2.45) is 0 Å². The Bertz CT molecular complexity index is 228. The lowest BCUT2D eigenvalue weighted by molar-refractivity contribution is 0.0195. The predicted molar refractivity (Wildman–Crippen MR) is 43.4 cm³/mol.